The number of nitrogens with two attached hydrogens (primary N) is 1. The molecule has 0 spiro atoms. The minimum absolute atomic E-state index is 0.116. The van der Waals surface area contributed by atoms with Crippen molar-refractivity contribution < 1.29 is 13.6 Å². The van der Waals surface area contributed by atoms with Crippen LogP contribution >= 0.6 is 0 Å². The Hall–Kier alpha value is -1.65. The largest absolute Gasteiger partial charge is 0.383 e. The second-order valence-corrected chi connectivity index (χ2v) is 4.49. The summed E-state index contributed by atoms with van der Waals surface area (Å²) in [5.74, 6) is -2.94. The van der Waals surface area contributed by atoms with Crippen molar-refractivity contribution in [2.75, 3.05) is 11.9 Å². The Kier molecular flexibility index (Phi) is 6.25. The third kappa shape index (κ3) is 4.50. The number of rotatable bonds is 8. The Labute approximate surface area is 112 Å². The van der Waals surface area contributed by atoms with Gasteiger partial charge in [-0.3, -0.25) is 4.79 Å². The van der Waals surface area contributed by atoms with E-state index < -0.39 is 23.1 Å². The fourth-order valence-corrected chi connectivity index (χ4v) is 1.87. The van der Waals surface area contributed by atoms with Crippen LogP contribution in [0.4, 0.5) is 14.5 Å². The summed E-state index contributed by atoms with van der Waals surface area (Å²) >= 11 is 0. The molecule has 3 N–H and O–H groups in total. The van der Waals surface area contributed by atoms with Crippen LogP contribution in [0, 0.1) is 11.6 Å². The van der Waals surface area contributed by atoms with Gasteiger partial charge in [-0.1, -0.05) is 32.6 Å². The number of amides is 1. The summed E-state index contributed by atoms with van der Waals surface area (Å²) < 4.78 is 27.1. The van der Waals surface area contributed by atoms with Crippen molar-refractivity contribution in [2.45, 2.75) is 39.0 Å². The van der Waals surface area contributed by atoms with E-state index in [4.69, 9.17) is 5.73 Å². The van der Waals surface area contributed by atoms with Crippen molar-refractivity contribution in [3.8, 4) is 0 Å². The molecule has 0 aliphatic rings. The highest BCUT2D eigenvalue weighted by Gasteiger charge is 2.17. The van der Waals surface area contributed by atoms with Crippen molar-refractivity contribution in [3.63, 3.8) is 0 Å². The molecule has 3 nitrogen and oxygen atoms in total. The van der Waals surface area contributed by atoms with Crippen LogP contribution in [0.5, 0.6) is 0 Å². The molecule has 106 valence electrons. The molecule has 0 saturated heterocycles. The number of anilines is 1. The fraction of sp³-hybridized carbons (Fsp3) is 0.500. The van der Waals surface area contributed by atoms with Gasteiger partial charge in [0, 0.05) is 6.54 Å². The zero-order chi connectivity index (χ0) is 14.3. The number of hydrogen-bond acceptors (Lipinski definition) is 2. The maximum Gasteiger partial charge on any atom is 0.254 e. The van der Waals surface area contributed by atoms with Crippen molar-refractivity contribution in [2.24, 2.45) is 5.73 Å². The van der Waals surface area contributed by atoms with Gasteiger partial charge >= 0.3 is 0 Å². The molecule has 0 unspecified atom stereocenters. The Bertz CT molecular complexity index is 436. The predicted octanol–water partition coefficient (Wildman–Crippen LogP) is 3.45. The maximum atomic E-state index is 13.8. The number of halogens is 2. The number of primary amides is 1. The number of hydrogen-bond donors (Lipinski definition) is 2. The van der Waals surface area contributed by atoms with Crippen LogP contribution in [0.2, 0.25) is 0 Å². The van der Waals surface area contributed by atoms with E-state index in [-0.39, 0.29) is 5.69 Å². The summed E-state index contributed by atoms with van der Waals surface area (Å²) in [7, 11) is 0. The molecule has 1 aromatic rings. The number of carbonyl (C=O) groups is 1. The standard InChI is InChI=1S/C14H20F2N2O/c1-2-3-4-5-6-9-18-11-8-7-10(15)12(13(11)16)14(17)19/h7-8,18H,2-6,9H2,1H3,(H2,17,19). The normalized spacial score (nSPS) is 10.5. The van der Waals surface area contributed by atoms with Gasteiger partial charge < -0.3 is 11.1 Å². The number of nitrogens with one attached hydrogen (secondary N) is 1. The molecule has 0 saturated carbocycles. The average Bonchev–Trinajstić information content (AvgIpc) is 2.35. The zero-order valence-corrected chi connectivity index (χ0v) is 11.1. The SMILES string of the molecule is CCCCCCCNc1ccc(F)c(C(N)=O)c1F. The van der Waals surface area contributed by atoms with E-state index in [1.807, 2.05) is 0 Å². The molecule has 0 heterocycles. The second kappa shape index (κ2) is 7.71. The maximum absolute atomic E-state index is 13.8. The molecule has 0 aliphatic heterocycles. The van der Waals surface area contributed by atoms with Crippen LogP contribution in [0.3, 0.4) is 0 Å². The lowest BCUT2D eigenvalue weighted by atomic mass is 10.1. The first-order chi connectivity index (χ1) is 9.07. The average molecular weight is 270 g/mol. The molecule has 0 aliphatic carbocycles. The van der Waals surface area contributed by atoms with E-state index in [1.54, 1.807) is 0 Å². The first-order valence-electron chi connectivity index (χ1n) is 6.59. The lowest BCUT2D eigenvalue weighted by Crippen LogP contribution is -2.17. The predicted molar refractivity (Wildman–Crippen MR) is 72.1 cm³/mol. The zero-order valence-electron chi connectivity index (χ0n) is 11.1. The van der Waals surface area contributed by atoms with E-state index in [0.717, 1.165) is 25.3 Å². The molecule has 1 aromatic carbocycles. The molecule has 0 fully saturated rings. The summed E-state index contributed by atoms with van der Waals surface area (Å²) in [6, 6.07) is 2.33. The smallest absolute Gasteiger partial charge is 0.254 e. The molecule has 1 amide bonds. The summed E-state index contributed by atoms with van der Waals surface area (Å²) in [5.41, 5.74) is 4.38. The summed E-state index contributed by atoms with van der Waals surface area (Å²) in [4.78, 5) is 11.0. The number of unbranched alkanes of at least 4 members (excludes halogenated alkanes) is 4. The molecule has 0 bridgehead atoms. The second-order valence-electron chi connectivity index (χ2n) is 4.49. The fourth-order valence-electron chi connectivity index (χ4n) is 1.87. The van der Waals surface area contributed by atoms with Crippen LogP contribution in [0.15, 0.2) is 12.1 Å². The highest BCUT2D eigenvalue weighted by Crippen LogP contribution is 2.20. The Balaban J connectivity index is 2.55. The Morgan fingerprint density at radius 2 is 1.89 bits per heavy atom. The molecular formula is C14H20F2N2O. The molecular weight excluding hydrogens is 250 g/mol. The van der Waals surface area contributed by atoms with Gasteiger partial charge in [0.1, 0.15) is 11.4 Å². The molecule has 19 heavy (non-hydrogen) atoms. The number of carbonyl (C=O) groups excluding carboxylic acids is 1. The summed E-state index contributed by atoms with van der Waals surface area (Å²) in [5, 5.41) is 2.86. The van der Waals surface area contributed by atoms with E-state index in [0.29, 0.717) is 6.54 Å². The van der Waals surface area contributed by atoms with Crippen LogP contribution in [0.1, 0.15) is 49.4 Å². The minimum atomic E-state index is -1.10. The molecule has 5 heteroatoms. The van der Waals surface area contributed by atoms with Crippen LogP contribution in [0.25, 0.3) is 0 Å². The third-order valence-electron chi connectivity index (χ3n) is 2.93. The monoisotopic (exact) mass is 270 g/mol. The first kappa shape index (κ1) is 15.4. The summed E-state index contributed by atoms with van der Waals surface area (Å²) in [6.45, 7) is 2.72. The van der Waals surface area contributed by atoms with Gasteiger partial charge in [-0.25, -0.2) is 8.78 Å². The van der Waals surface area contributed by atoms with Gasteiger partial charge in [0.25, 0.3) is 5.91 Å². The van der Waals surface area contributed by atoms with E-state index in [9.17, 15) is 13.6 Å². The van der Waals surface area contributed by atoms with Crippen molar-refractivity contribution >= 4 is 11.6 Å². The lowest BCUT2D eigenvalue weighted by molar-refractivity contribution is 0.0992. The highest BCUT2D eigenvalue weighted by molar-refractivity contribution is 5.94. The van der Waals surface area contributed by atoms with Gasteiger partial charge in [0.2, 0.25) is 0 Å². The van der Waals surface area contributed by atoms with E-state index in [2.05, 4.69) is 12.2 Å². The summed E-state index contributed by atoms with van der Waals surface area (Å²) in [6.07, 6.45) is 5.48. The molecule has 0 radical (unpaired) electrons. The molecule has 1 rings (SSSR count). The van der Waals surface area contributed by atoms with Crippen LogP contribution in [-0.2, 0) is 0 Å². The van der Waals surface area contributed by atoms with Crippen molar-refractivity contribution in [3.05, 3.63) is 29.3 Å². The molecule has 0 atom stereocenters. The van der Waals surface area contributed by atoms with Gasteiger partial charge in [-0.15, -0.1) is 0 Å². The first-order valence-corrected chi connectivity index (χ1v) is 6.59. The van der Waals surface area contributed by atoms with Crippen molar-refractivity contribution in [1.29, 1.82) is 0 Å². The highest BCUT2D eigenvalue weighted by atomic mass is 19.1. The van der Waals surface area contributed by atoms with E-state index in [1.165, 1.54) is 18.9 Å². The van der Waals surface area contributed by atoms with Gasteiger partial charge in [-0.2, -0.15) is 0 Å². The lowest BCUT2D eigenvalue weighted by Gasteiger charge is -2.10. The van der Waals surface area contributed by atoms with Crippen LogP contribution < -0.4 is 11.1 Å². The van der Waals surface area contributed by atoms with E-state index >= 15 is 0 Å². The van der Waals surface area contributed by atoms with Gasteiger partial charge in [-0.05, 0) is 18.6 Å². The Morgan fingerprint density at radius 1 is 1.21 bits per heavy atom. The third-order valence-corrected chi connectivity index (χ3v) is 2.93. The topological polar surface area (TPSA) is 55.1 Å². The minimum Gasteiger partial charge on any atom is -0.383 e. The number of benzene rings is 1. The van der Waals surface area contributed by atoms with Gasteiger partial charge in [0.15, 0.2) is 5.82 Å². The molecule has 0 aromatic heterocycles. The van der Waals surface area contributed by atoms with Gasteiger partial charge in [0.05, 0.1) is 5.69 Å². The van der Waals surface area contributed by atoms with Crippen molar-refractivity contribution in [1.82, 2.24) is 0 Å². The quantitative estimate of drug-likeness (QED) is 0.711. The van der Waals surface area contributed by atoms with Crippen LogP contribution in [-0.4, -0.2) is 12.5 Å². The Morgan fingerprint density at radius 3 is 2.53 bits per heavy atom.